The molecule has 0 aromatic heterocycles. The second kappa shape index (κ2) is 11.3. The van der Waals surface area contributed by atoms with E-state index in [4.69, 9.17) is 4.74 Å². The van der Waals surface area contributed by atoms with Crippen LogP contribution in [0.4, 0.5) is 11.4 Å². The van der Waals surface area contributed by atoms with Crippen LogP contribution in [-0.4, -0.2) is 18.8 Å². The molecule has 0 spiro atoms. The van der Waals surface area contributed by atoms with E-state index in [0.717, 1.165) is 47.6 Å². The number of rotatable bonds is 7. The number of methoxy groups -OCH3 is 1. The summed E-state index contributed by atoms with van der Waals surface area (Å²) in [5.74, 6) is 0.954. The first-order valence-electron chi connectivity index (χ1n) is 13.6. The highest BCUT2D eigenvalue weighted by Crippen LogP contribution is 2.47. The number of ketones is 1. The van der Waals surface area contributed by atoms with Crippen molar-refractivity contribution in [3.8, 4) is 5.75 Å². The Morgan fingerprint density at radius 3 is 2.37 bits per heavy atom. The molecule has 3 aromatic carbocycles. The second-order valence-corrected chi connectivity index (χ2v) is 10.4. The van der Waals surface area contributed by atoms with Crippen molar-refractivity contribution in [3.05, 3.63) is 101 Å². The van der Waals surface area contributed by atoms with Gasteiger partial charge in [0.15, 0.2) is 5.78 Å². The number of para-hydroxylation sites is 2. The van der Waals surface area contributed by atoms with Crippen molar-refractivity contribution in [2.75, 3.05) is 17.3 Å². The zero-order chi connectivity index (χ0) is 26.6. The fourth-order valence-electron chi connectivity index (χ4n) is 5.69. The van der Waals surface area contributed by atoms with E-state index in [1.807, 2.05) is 53.4 Å². The number of allylic oxidation sites excluding steroid dienone is 1. The van der Waals surface area contributed by atoms with Crippen LogP contribution in [0, 0.1) is 6.92 Å². The number of hydrogen-bond donors (Lipinski definition) is 1. The van der Waals surface area contributed by atoms with E-state index in [-0.39, 0.29) is 17.6 Å². The lowest BCUT2D eigenvalue weighted by Gasteiger charge is -2.35. The van der Waals surface area contributed by atoms with Crippen LogP contribution in [0.5, 0.6) is 5.75 Å². The predicted octanol–water partition coefficient (Wildman–Crippen LogP) is 7.48. The molecule has 2 atom stereocenters. The smallest absolute Gasteiger partial charge is 0.227 e. The van der Waals surface area contributed by atoms with Gasteiger partial charge in [-0.25, -0.2) is 0 Å². The van der Waals surface area contributed by atoms with Crippen molar-refractivity contribution >= 4 is 23.1 Å². The number of amides is 1. The largest absolute Gasteiger partial charge is 0.497 e. The summed E-state index contributed by atoms with van der Waals surface area (Å²) in [6.07, 6.45) is 4.44. The van der Waals surface area contributed by atoms with Crippen molar-refractivity contribution in [1.29, 1.82) is 0 Å². The van der Waals surface area contributed by atoms with Gasteiger partial charge in [0, 0.05) is 24.1 Å². The monoisotopic (exact) mass is 508 g/mol. The molecule has 38 heavy (non-hydrogen) atoms. The van der Waals surface area contributed by atoms with Crippen LogP contribution in [0.15, 0.2) is 84.1 Å². The molecule has 2 aliphatic rings. The van der Waals surface area contributed by atoms with Gasteiger partial charge in [0.25, 0.3) is 0 Å². The molecule has 196 valence electrons. The molecule has 1 amide bonds. The summed E-state index contributed by atoms with van der Waals surface area (Å²) in [5, 5.41) is 3.62. The molecular weight excluding hydrogens is 472 g/mol. The molecule has 0 fully saturated rings. The van der Waals surface area contributed by atoms with Crippen LogP contribution < -0.4 is 15.0 Å². The van der Waals surface area contributed by atoms with E-state index < -0.39 is 6.04 Å². The van der Waals surface area contributed by atoms with Gasteiger partial charge >= 0.3 is 0 Å². The van der Waals surface area contributed by atoms with Gasteiger partial charge in [-0.1, -0.05) is 73.9 Å². The minimum atomic E-state index is -0.507. The second-order valence-electron chi connectivity index (χ2n) is 10.4. The number of carbonyl (C=O) groups excluding carboxylic acids is 2. The molecule has 0 unspecified atom stereocenters. The number of ether oxygens (including phenoxy) is 1. The molecule has 1 N–H and O–H groups in total. The predicted molar refractivity (Wildman–Crippen MR) is 153 cm³/mol. The number of benzene rings is 3. The van der Waals surface area contributed by atoms with E-state index in [2.05, 4.69) is 43.4 Å². The van der Waals surface area contributed by atoms with Gasteiger partial charge in [-0.15, -0.1) is 0 Å². The normalized spacial score (nSPS) is 18.8. The van der Waals surface area contributed by atoms with Gasteiger partial charge in [-0.2, -0.15) is 0 Å². The zero-order valence-corrected chi connectivity index (χ0v) is 22.5. The average molecular weight is 509 g/mol. The fourth-order valence-corrected chi connectivity index (χ4v) is 5.69. The summed E-state index contributed by atoms with van der Waals surface area (Å²) in [5.41, 5.74) is 6.55. The minimum absolute atomic E-state index is 0.0377. The van der Waals surface area contributed by atoms with Crippen LogP contribution in [0.1, 0.15) is 74.1 Å². The number of nitrogens with zero attached hydrogens (tertiary/aromatic N) is 1. The first-order chi connectivity index (χ1) is 18.5. The molecular formula is C33H36N2O3. The van der Waals surface area contributed by atoms with E-state index in [9.17, 15) is 9.59 Å². The molecule has 5 nitrogen and oxygen atoms in total. The highest BCUT2D eigenvalue weighted by Gasteiger charge is 2.41. The molecule has 0 saturated carbocycles. The van der Waals surface area contributed by atoms with Crippen LogP contribution in [0.25, 0.3) is 0 Å². The molecule has 1 aliphatic heterocycles. The Morgan fingerprint density at radius 1 is 0.947 bits per heavy atom. The van der Waals surface area contributed by atoms with Crippen molar-refractivity contribution in [1.82, 2.24) is 0 Å². The number of aryl methyl sites for hydroxylation is 1. The van der Waals surface area contributed by atoms with Crippen molar-refractivity contribution in [3.63, 3.8) is 0 Å². The minimum Gasteiger partial charge on any atom is -0.497 e. The Bertz CT molecular complexity index is 1340. The standard InChI is InChI=1S/C33H36N2O3/c1-4-5-6-11-31(37)35-29-10-8-7-9-27(29)34-28-20-25(23-14-12-22(2)13-15-23)21-30(36)32(28)33(35)24-16-18-26(38-3)19-17-24/h7-10,12-19,25,33-34H,4-6,11,20-21H2,1-3H3/t25-,33+/m1/s1. The van der Waals surface area contributed by atoms with Gasteiger partial charge in [0.1, 0.15) is 5.75 Å². The number of Topliss-reactive ketones (excluding diaryl/α,β-unsaturated/α-hetero) is 1. The Morgan fingerprint density at radius 2 is 1.66 bits per heavy atom. The van der Waals surface area contributed by atoms with Gasteiger partial charge in [-0.3, -0.25) is 14.5 Å². The molecule has 5 rings (SSSR count). The maximum Gasteiger partial charge on any atom is 0.227 e. The van der Waals surface area contributed by atoms with Gasteiger partial charge in [0.2, 0.25) is 5.91 Å². The summed E-state index contributed by atoms with van der Waals surface area (Å²) in [4.78, 5) is 29.9. The van der Waals surface area contributed by atoms with Crippen LogP contribution >= 0.6 is 0 Å². The summed E-state index contributed by atoms with van der Waals surface area (Å²) >= 11 is 0. The highest BCUT2D eigenvalue weighted by atomic mass is 16.5. The van der Waals surface area contributed by atoms with Crippen molar-refractivity contribution < 1.29 is 14.3 Å². The lowest BCUT2D eigenvalue weighted by atomic mass is 9.78. The lowest BCUT2D eigenvalue weighted by Crippen LogP contribution is -2.38. The summed E-state index contributed by atoms with van der Waals surface area (Å²) in [6, 6.07) is 23.7. The fraction of sp³-hybridized carbons (Fsp3) is 0.333. The third-order valence-electron chi connectivity index (χ3n) is 7.73. The van der Waals surface area contributed by atoms with E-state index in [1.54, 1.807) is 7.11 Å². The number of unbranched alkanes of at least 4 members (excludes halogenated alkanes) is 2. The molecule has 5 heteroatoms. The summed E-state index contributed by atoms with van der Waals surface area (Å²) in [6.45, 7) is 4.21. The van der Waals surface area contributed by atoms with E-state index in [0.29, 0.717) is 24.8 Å². The van der Waals surface area contributed by atoms with Gasteiger partial charge in [-0.05, 0) is 61.1 Å². The first-order valence-corrected chi connectivity index (χ1v) is 13.6. The number of anilines is 2. The Balaban J connectivity index is 1.65. The van der Waals surface area contributed by atoms with E-state index in [1.165, 1.54) is 11.1 Å². The van der Waals surface area contributed by atoms with E-state index >= 15 is 0 Å². The highest BCUT2D eigenvalue weighted by molar-refractivity contribution is 6.06. The number of fused-ring (bicyclic) bond motifs is 1. The summed E-state index contributed by atoms with van der Waals surface area (Å²) < 4.78 is 5.40. The Kier molecular flexibility index (Phi) is 7.64. The van der Waals surface area contributed by atoms with Gasteiger partial charge in [0.05, 0.1) is 24.5 Å². The quantitative estimate of drug-likeness (QED) is 0.336. The van der Waals surface area contributed by atoms with Crippen LogP contribution in [0.3, 0.4) is 0 Å². The number of carbonyl (C=O) groups is 2. The summed E-state index contributed by atoms with van der Waals surface area (Å²) in [7, 11) is 1.64. The first kappa shape index (κ1) is 25.8. The topological polar surface area (TPSA) is 58.6 Å². The third-order valence-corrected chi connectivity index (χ3v) is 7.73. The molecule has 0 saturated heterocycles. The maximum atomic E-state index is 14.1. The van der Waals surface area contributed by atoms with Crippen molar-refractivity contribution in [2.45, 2.75) is 64.3 Å². The Labute approximate surface area is 225 Å². The molecule has 3 aromatic rings. The molecule has 0 radical (unpaired) electrons. The molecule has 1 heterocycles. The zero-order valence-electron chi connectivity index (χ0n) is 22.5. The lowest BCUT2D eigenvalue weighted by molar-refractivity contribution is -0.119. The average Bonchev–Trinajstić information content (AvgIpc) is 3.08. The van der Waals surface area contributed by atoms with Gasteiger partial charge < -0.3 is 10.1 Å². The van der Waals surface area contributed by atoms with Crippen molar-refractivity contribution in [2.24, 2.45) is 0 Å². The number of nitrogens with one attached hydrogen (secondary N) is 1. The third kappa shape index (κ3) is 5.10. The molecule has 0 bridgehead atoms. The SMILES string of the molecule is CCCCCC(=O)N1c2ccccc2NC2=C(C(=O)C[C@H](c3ccc(C)cc3)C2)[C@@H]1c1ccc(OC)cc1. The van der Waals surface area contributed by atoms with Crippen LogP contribution in [0.2, 0.25) is 0 Å². The number of hydrogen-bond acceptors (Lipinski definition) is 4. The molecule has 1 aliphatic carbocycles. The maximum absolute atomic E-state index is 14.1. The van der Waals surface area contributed by atoms with Crippen LogP contribution in [-0.2, 0) is 9.59 Å². The Hall–Kier alpha value is -3.86.